The Kier molecular flexibility index (Phi) is 6.55. The van der Waals surface area contributed by atoms with E-state index in [4.69, 9.17) is 4.74 Å². The molecule has 3 heteroatoms. The van der Waals surface area contributed by atoms with Gasteiger partial charge in [-0.25, -0.2) is 0 Å². The average Bonchev–Trinajstić information content (AvgIpc) is 2.92. The van der Waals surface area contributed by atoms with E-state index in [1.54, 1.807) is 6.08 Å². The van der Waals surface area contributed by atoms with Gasteiger partial charge in [0.05, 0.1) is 0 Å². The van der Waals surface area contributed by atoms with Gasteiger partial charge in [-0.1, -0.05) is 91.0 Å². The number of carbonyl (C=O) groups excluding carboxylic acids is 1. The van der Waals surface area contributed by atoms with Gasteiger partial charge >= 0.3 is 0 Å². The minimum atomic E-state index is -0.111. The fourth-order valence-electron chi connectivity index (χ4n) is 4.78. The van der Waals surface area contributed by atoms with E-state index in [0.29, 0.717) is 19.8 Å². The van der Waals surface area contributed by atoms with Crippen molar-refractivity contribution in [3.05, 3.63) is 114 Å². The third-order valence-electron chi connectivity index (χ3n) is 6.86. The van der Waals surface area contributed by atoms with Crippen LogP contribution in [-0.4, -0.2) is 25.7 Å². The molecule has 0 unspecified atom stereocenters. The van der Waals surface area contributed by atoms with Crippen LogP contribution in [0.25, 0.3) is 28.0 Å². The molecule has 1 fully saturated rings. The van der Waals surface area contributed by atoms with Crippen molar-refractivity contribution in [1.82, 2.24) is 5.32 Å². The SMILES string of the molecule is O=C(/C=C/c1ccc2ccccc2c1)NCC1(c2ccc(-c3ccccc3)cc2)CCOCC1. The Morgan fingerprint density at radius 2 is 1.47 bits per heavy atom. The molecule has 1 saturated heterocycles. The standard InChI is InChI=1S/C31H29NO2/c33-30(17-11-24-10-12-26-8-4-5-9-28(26)22-24)32-23-31(18-20-34-21-19-31)29-15-13-27(14-16-29)25-6-2-1-3-7-25/h1-17,22H,18-21,23H2,(H,32,33)/b17-11+. The van der Waals surface area contributed by atoms with Gasteiger partial charge in [0, 0.05) is 31.2 Å². The Morgan fingerprint density at radius 3 is 2.24 bits per heavy atom. The molecule has 0 spiro atoms. The first-order valence-electron chi connectivity index (χ1n) is 11.9. The van der Waals surface area contributed by atoms with Crippen LogP contribution in [0.15, 0.2) is 103 Å². The number of hydrogen-bond acceptors (Lipinski definition) is 2. The zero-order valence-corrected chi connectivity index (χ0v) is 19.2. The fraction of sp³-hybridized carbons (Fsp3) is 0.194. The molecule has 0 aliphatic carbocycles. The third-order valence-corrected chi connectivity index (χ3v) is 6.86. The summed E-state index contributed by atoms with van der Waals surface area (Å²) in [4.78, 5) is 12.7. The van der Waals surface area contributed by atoms with Crippen molar-refractivity contribution in [2.75, 3.05) is 19.8 Å². The van der Waals surface area contributed by atoms with Crippen molar-refractivity contribution in [2.24, 2.45) is 0 Å². The summed E-state index contributed by atoms with van der Waals surface area (Å²) < 4.78 is 5.66. The highest BCUT2D eigenvalue weighted by Crippen LogP contribution is 2.35. The van der Waals surface area contributed by atoms with Gasteiger partial charge in [0.25, 0.3) is 0 Å². The molecule has 4 aromatic rings. The lowest BCUT2D eigenvalue weighted by molar-refractivity contribution is -0.116. The van der Waals surface area contributed by atoms with Crippen LogP contribution in [-0.2, 0) is 14.9 Å². The molecule has 0 atom stereocenters. The molecule has 0 bridgehead atoms. The van der Waals surface area contributed by atoms with Gasteiger partial charge in [-0.15, -0.1) is 0 Å². The second kappa shape index (κ2) is 10.1. The minimum absolute atomic E-state index is 0.0695. The van der Waals surface area contributed by atoms with Crippen molar-refractivity contribution in [1.29, 1.82) is 0 Å². The van der Waals surface area contributed by atoms with Crippen LogP contribution in [0.1, 0.15) is 24.0 Å². The summed E-state index contributed by atoms with van der Waals surface area (Å²) in [6, 6.07) is 33.7. The fourth-order valence-corrected chi connectivity index (χ4v) is 4.78. The molecule has 0 aromatic heterocycles. The normalized spacial score (nSPS) is 15.4. The minimum Gasteiger partial charge on any atom is -0.381 e. The number of ether oxygens (including phenoxy) is 1. The van der Waals surface area contributed by atoms with Crippen molar-refractivity contribution in [2.45, 2.75) is 18.3 Å². The molecule has 1 aliphatic heterocycles. The second-order valence-electron chi connectivity index (χ2n) is 8.99. The zero-order valence-electron chi connectivity index (χ0n) is 19.2. The second-order valence-corrected chi connectivity index (χ2v) is 8.99. The number of amides is 1. The van der Waals surface area contributed by atoms with Crippen LogP contribution >= 0.6 is 0 Å². The van der Waals surface area contributed by atoms with E-state index in [1.165, 1.54) is 27.5 Å². The lowest BCUT2D eigenvalue weighted by atomic mass is 9.73. The lowest BCUT2D eigenvalue weighted by Gasteiger charge is -2.38. The molecule has 34 heavy (non-hydrogen) atoms. The van der Waals surface area contributed by atoms with Crippen molar-refractivity contribution in [3.8, 4) is 11.1 Å². The topological polar surface area (TPSA) is 38.3 Å². The van der Waals surface area contributed by atoms with Crippen molar-refractivity contribution < 1.29 is 9.53 Å². The summed E-state index contributed by atoms with van der Waals surface area (Å²) >= 11 is 0. The number of nitrogens with one attached hydrogen (secondary N) is 1. The summed E-state index contributed by atoms with van der Waals surface area (Å²) in [6.45, 7) is 2.02. The molecule has 1 aliphatic rings. The van der Waals surface area contributed by atoms with Crippen LogP contribution in [0.5, 0.6) is 0 Å². The molecule has 1 N–H and O–H groups in total. The molecular weight excluding hydrogens is 418 g/mol. The molecule has 4 aromatic carbocycles. The van der Waals surface area contributed by atoms with E-state index in [2.05, 4.69) is 78.1 Å². The Balaban J connectivity index is 1.29. The summed E-state index contributed by atoms with van der Waals surface area (Å²) in [5.74, 6) is -0.0695. The molecule has 0 radical (unpaired) electrons. The van der Waals surface area contributed by atoms with Crippen LogP contribution in [0.4, 0.5) is 0 Å². The van der Waals surface area contributed by atoms with E-state index in [0.717, 1.165) is 18.4 Å². The molecule has 3 nitrogen and oxygen atoms in total. The predicted molar refractivity (Wildman–Crippen MR) is 140 cm³/mol. The Labute approximate surface area is 201 Å². The summed E-state index contributed by atoms with van der Waals surface area (Å²) in [5, 5.41) is 5.53. The average molecular weight is 448 g/mol. The van der Waals surface area contributed by atoms with E-state index in [1.807, 2.05) is 30.3 Å². The highest BCUT2D eigenvalue weighted by molar-refractivity contribution is 5.93. The summed E-state index contributed by atoms with van der Waals surface area (Å²) in [5.41, 5.74) is 4.58. The van der Waals surface area contributed by atoms with Gasteiger partial charge < -0.3 is 10.1 Å². The molecule has 1 amide bonds. The monoisotopic (exact) mass is 447 g/mol. The van der Waals surface area contributed by atoms with Crippen LogP contribution in [0, 0.1) is 0 Å². The first-order chi connectivity index (χ1) is 16.7. The number of benzene rings is 4. The van der Waals surface area contributed by atoms with Gasteiger partial charge in [-0.3, -0.25) is 4.79 Å². The maximum atomic E-state index is 12.7. The van der Waals surface area contributed by atoms with Gasteiger partial charge in [-0.05, 0) is 58.0 Å². The van der Waals surface area contributed by atoms with E-state index in [9.17, 15) is 4.79 Å². The Hall–Kier alpha value is -3.69. The van der Waals surface area contributed by atoms with Gasteiger partial charge in [0.15, 0.2) is 0 Å². The number of fused-ring (bicyclic) bond motifs is 1. The number of carbonyl (C=O) groups is 1. The number of hydrogen-bond donors (Lipinski definition) is 1. The Morgan fingerprint density at radius 1 is 0.794 bits per heavy atom. The quantitative estimate of drug-likeness (QED) is 0.348. The van der Waals surface area contributed by atoms with Crippen LogP contribution in [0.2, 0.25) is 0 Å². The molecule has 170 valence electrons. The first-order valence-corrected chi connectivity index (χ1v) is 11.9. The summed E-state index contributed by atoms with van der Waals surface area (Å²) in [7, 11) is 0. The maximum absolute atomic E-state index is 12.7. The zero-order chi connectivity index (χ0) is 23.2. The van der Waals surface area contributed by atoms with E-state index in [-0.39, 0.29) is 11.3 Å². The highest BCUT2D eigenvalue weighted by Gasteiger charge is 2.34. The predicted octanol–water partition coefficient (Wildman–Crippen LogP) is 6.38. The summed E-state index contributed by atoms with van der Waals surface area (Å²) in [6.07, 6.45) is 5.31. The van der Waals surface area contributed by atoms with Crippen LogP contribution in [0.3, 0.4) is 0 Å². The highest BCUT2D eigenvalue weighted by atomic mass is 16.5. The molecule has 1 heterocycles. The first kappa shape index (κ1) is 22.1. The van der Waals surface area contributed by atoms with Crippen molar-refractivity contribution >= 4 is 22.8 Å². The maximum Gasteiger partial charge on any atom is 0.244 e. The van der Waals surface area contributed by atoms with Gasteiger partial charge in [-0.2, -0.15) is 0 Å². The van der Waals surface area contributed by atoms with E-state index >= 15 is 0 Å². The lowest BCUT2D eigenvalue weighted by Crippen LogP contribution is -2.44. The van der Waals surface area contributed by atoms with Gasteiger partial charge in [0.1, 0.15) is 0 Å². The smallest absolute Gasteiger partial charge is 0.244 e. The largest absolute Gasteiger partial charge is 0.381 e. The third kappa shape index (κ3) is 4.95. The van der Waals surface area contributed by atoms with Crippen LogP contribution < -0.4 is 5.32 Å². The molecule has 5 rings (SSSR count). The Bertz CT molecular complexity index is 1290. The molecular formula is C31H29NO2. The van der Waals surface area contributed by atoms with Crippen molar-refractivity contribution in [3.63, 3.8) is 0 Å². The van der Waals surface area contributed by atoms with Gasteiger partial charge in [0.2, 0.25) is 5.91 Å². The van der Waals surface area contributed by atoms with E-state index < -0.39 is 0 Å². The number of rotatable bonds is 6. The molecule has 0 saturated carbocycles.